The van der Waals surface area contributed by atoms with Crippen LogP contribution in [0.4, 0.5) is 0 Å². The molecule has 8 heteroatoms. The van der Waals surface area contributed by atoms with Crippen LogP contribution in [0.25, 0.3) is 0 Å². The maximum absolute atomic E-state index is 11.8. The van der Waals surface area contributed by atoms with Crippen LogP contribution in [0.5, 0.6) is 0 Å². The van der Waals surface area contributed by atoms with E-state index < -0.39 is 20.0 Å². The topological polar surface area (TPSA) is 80.8 Å². The lowest BCUT2D eigenvalue weighted by molar-refractivity contribution is 0.251. The third kappa shape index (κ3) is 5.31. The molecule has 1 saturated carbocycles. The van der Waals surface area contributed by atoms with Crippen molar-refractivity contribution in [3.05, 3.63) is 0 Å². The number of nitrogens with zero attached hydrogens (tertiary/aromatic N) is 1. The van der Waals surface area contributed by atoms with Crippen molar-refractivity contribution >= 4 is 20.0 Å². The molecule has 20 heavy (non-hydrogen) atoms. The first-order valence-electron chi connectivity index (χ1n) is 7.16. The highest BCUT2D eigenvalue weighted by Crippen LogP contribution is 2.25. The molecule has 1 aliphatic heterocycles. The molecule has 0 bridgehead atoms. The SMILES string of the molecule is O=S1(=O)CCN(CCS(=O)(=O)OCC2CCCC2)CC1. The summed E-state index contributed by atoms with van der Waals surface area (Å²) in [6.07, 6.45) is 4.44. The predicted octanol–water partition coefficient (Wildman–Crippen LogP) is 0.253. The number of hydrogen-bond donors (Lipinski definition) is 0. The quantitative estimate of drug-likeness (QED) is 0.651. The van der Waals surface area contributed by atoms with Crippen LogP contribution in [-0.2, 0) is 24.1 Å². The highest BCUT2D eigenvalue weighted by Gasteiger charge is 2.24. The van der Waals surface area contributed by atoms with Gasteiger partial charge in [-0.25, -0.2) is 8.42 Å². The van der Waals surface area contributed by atoms with Gasteiger partial charge in [0.15, 0.2) is 9.84 Å². The van der Waals surface area contributed by atoms with Crippen molar-refractivity contribution in [1.29, 1.82) is 0 Å². The van der Waals surface area contributed by atoms with Crippen LogP contribution in [-0.4, -0.2) is 65.2 Å². The van der Waals surface area contributed by atoms with Crippen LogP contribution >= 0.6 is 0 Å². The fourth-order valence-corrected chi connectivity index (χ4v) is 4.93. The lowest BCUT2D eigenvalue weighted by Gasteiger charge is -2.26. The van der Waals surface area contributed by atoms with Crippen molar-refractivity contribution in [1.82, 2.24) is 4.90 Å². The first-order chi connectivity index (χ1) is 9.36. The summed E-state index contributed by atoms with van der Waals surface area (Å²) >= 11 is 0. The molecule has 0 amide bonds. The molecule has 0 aromatic heterocycles. The van der Waals surface area contributed by atoms with Gasteiger partial charge in [-0.15, -0.1) is 0 Å². The minimum Gasteiger partial charge on any atom is -0.300 e. The van der Waals surface area contributed by atoms with Crippen LogP contribution < -0.4 is 0 Å². The molecule has 0 N–H and O–H groups in total. The number of hydrogen-bond acceptors (Lipinski definition) is 6. The van der Waals surface area contributed by atoms with Gasteiger partial charge in [0.25, 0.3) is 10.1 Å². The Labute approximate surface area is 121 Å². The van der Waals surface area contributed by atoms with E-state index in [1.54, 1.807) is 0 Å². The first kappa shape index (κ1) is 16.2. The monoisotopic (exact) mass is 325 g/mol. The van der Waals surface area contributed by atoms with E-state index in [-0.39, 0.29) is 17.3 Å². The molecule has 0 spiro atoms. The molecule has 0 aromatic carbocycles. The Morgan fingerprint density at radius 3 is 2.30 bits per heavy atom. The second-order valence-electron chi connectivity index (χ2n) is 5.69. The lowest BCUT2D eigenvalue weighted by atomic mass is 10.1. The van der Waals surface area contributed by atoms with Gasteiger partial charge in [-0.05, 0) is 18.8 Å². The van der Waals surface area contributed by atoms with Crippen molar-refractivity contribution in [2.75, 3.05) is 43.5 Å². The molecule has 0 atom stereocenters. The van der Waals surface area contributed by atoms with Crippen LogP contribution in [0.2, 0.25) is 0 Å². The number of sulfone groups is 1. The molecular formula is C12H23NO5S2. The molecule has 0 unspecified atom stereocenters. The van der Waals surface area contributed by atoms with Gasteiger partial charge in [0.05, 0.1) is 23.9 Å². The van der Waals surface area contributed by atoms with E-state index in [0.29, 0.717) is 32.2 Å². The van der Waals surface area contributed by atoms with E-state index in [1.165, 1.54) is 0 Å². The summed E-state index contributed by atoms with van der Waals surface area (Å²) in [5.74, 6) is 0.566. The summed E-state index contributed by atoms with van der Waals surface area (Å²) in [5, 5.41) is 0. The van der Waals surface area contributed by atoms with Gasteiger partial charge in [0.2, 0.25) is 0 Å². The van der Waals surface area contributed by atoms with Gasteiger partial charge in [-0.1, -0.05) is 12.8 Å². The fourth-order valence-electron chi connectivity index (χ4n) is 2.65. The molecule has 118 valence electrons. The first-order valence-corrected chi connectivity index (χ1v) is 10.6. The van der Waals surface area contributed by atoms with Crippen molar-refractivity contribution in [2.24, 2.45) is 5.92 Å². The maximum atomic E-state index is 11.8. The standard InChI is InChI=1S/C12H23NO5S2/c14-19(15)8-5-13(6-9-19)7-10-20(16,17)18-11-12-3-1-2-4-12/h12H,1-11H2. The van der Waals surface area contributed by atoms with Crippen LogP contribution in [0, 0.1) is 5.92 Å². The zero-order valence-electron chi connectivity index (χ0n) is 11.7. The van der Waals surface area contributed by atoms with Crippen molar-refractivity contribution < 1.29 is 21.0 Å². The molecule has 2 rings (SSSR count). The Kier molecular flexibility index (Phi) is 5.44. The van der Waals surface area contributed by atoms with Crippen molar-refractivity contribution in [3.63, 3.8) is 0 Å². The predicted molar refractivity (Wildman–Crippen MR) is 76.8 cm³/mol. The Morgan fingerprint density at radius 2 is 1.70 bits per heavy atom. The van der Waals surface area contributed by atoms with Crippen molar-refractivity contribution in [3.8, 4) is 0 Å². The largest absolute Gasteiger partial charge is 0.300 e. The molecule has 6 nitrogen and oxygen atoms in total. The zero-order chi connectivity index (χ0) is 14.6. The summed E-state index contributed by atoms with van der Waals surface area (Å²) in [6, 6.07) is 0. The van der Waals surface area contributed by atoms with Crippen molar-refractivity contribution in [2.45, 2.75) is 25.7 Å². The highest BCUT2D eigenvalue weighted by atomic mass is 32.2. The molecule has 0 aromatic rings. The summed E-state index contributed by atoms with van der Waals surface area (Å²) in [4.78, 5) is 1.87. The van der Waals surface area contributed by atoms with Gasteiger partial charge in [0.1, 0.15) is 0 Å². The molecule has 1 heterocycles. The maximum Gasteiger partial charge on any atom is 0.268 e. The van der Waals surface area contributed by atoms with Gasteiger partial charge >= 0.3 is 0 Å². The lowest BCUT2D eigenvalue weighted by Crippen LogP contribution is -2.42. The summed E-state index contributed by atoms with van der Waals surface area (Å²) < 4.78 is 51.2. The van der Waals surface area contributed by atoms with E-state index >= 15 is 0 Å². The molecule has 1 aliphatic carbocycles. The minimum atomic E-state index is -3.49. The van der Waals surface area contributed by atoms with E-state index in [1.807, 2.05) is 4.90 Å². The second kappa shape index (κ2) is 6.72. The Balaban J connectivity index is 1.69. The Bertz CT molecular complexity index is 494. The molecule has 2 fully saturated rings. The number of rotatable bonds is 6. The summed E-state index contributed by atoms with van der Waals surface area (Å²) in [5.41, 5.74) is 0. The highest BCUT2D eigenvalue weighted by molar-refractivity contribution is 7.91. The van der Waals surface area contributed by atoms with E-state index in [0.717, 1.165) is 25.7 Å². The smallest absolute Gasteiger partial charge is 0.268 e. The van der Waals surface area contributed by atoms with Crippen LogP contribution in [0.3, 0.4) is 0 Å². The van der Waals surface area contributed by atoms with Gasteiger partial charge in [-0.2, -0.15) is 8.42 Å². The minimum absolute atomic E-state index is 0.0558. The normalized spacial score (nSPS) is 25.0. The molecule has 2 aliphatic rings. The second-order valence-corrected chi connectivity index (χ2v) is 9.75. The molecule has 0 radical (unpaired) electrons. The zero-order valence-corrected chi connectivity index (χ0v) is 13.3. The third-order valence-corrected chi connectivity index (χ3v) is 6.84. The third-order valence-electron chi connectivity index (χ3n) is 4.05. The van der Waals surface area contributed by atoms with Gasteiger partial charge in [-0.3, -0.25) is 4.18 Å². The Hall–Kier alpha value is -0.180. The molecule has 1 saturated heterocycles. The summed E-state index contributed by atoms with van der Waals surface area (Å²) in [7, 11) is -6.40. The average Bonchev–Trinajstić information content (AvgIpc) is 2.88. The Morgan fingerprint density at radius 1 is 1.10 bits per heavy atom. The van der Waals surface area contributed by atoms with Crippen LogP contribution in [0.1, 0.15) is 25.7 Å². The van der Waals surface area contributed by atoms with E-state index in [2.05, 4.69) is 0 Å². The van der Waals surface area contributed by atoms with Gasteiger partial charge < -0.3 is 4.90 Å². The van der Waals surface area contributed by atoms with Gasteiger partial charge in [0, 0.05) is 19.6 Å². The van der Waals surface area contributed by atoms with E-state index in [9.17, 15) is 16.8 Å². The fraction of sp³-hybridized carbons (Fsp3) is 1.00. The average molecular weight is 325 g/mol. The summed E-state index contributed by atoms with van der Waals surface area (Å²) in [6.45, 7) is 1.49. The van der Waals surface area contributed by atoms with Crippen LogP contribution in [0.15, 0.2) is 0 Å². The molecular weight excluding hydrogens is 302 g/mol. The van der Waals surface area contributed by atoms with E-state index in [4.69, 9.17) is 4.18 Å².